The van der Waals surface area contributed by atoms with Gasteiger partial charge < -0.3 is 10.4 Å². The monoisotopic (exact) mass is 264 g/mol. The molecule has 0 bridgehead atoms. The lowest BCUT2D eigenvalue weighted by atomic mass is 10.1. The third kappa shape index (κ3) is 4.89. The number of aliphatic carboxylic acids is 1. The lowest BCUT2D eigenvalue weighted by molar-refractivity contribution is -0.138. The topological polar surface area (TPSA) is 86.7 Å². The Hall–Kier alpha value is -2.21. The van der Waals surface area contributed by atoms with Crippen molar-refractivity contribution in [3.8, 4) is 0 Å². The van der Waals surface area contributed by atoms with E-state index in [1.165, 1.54) is 18.9 Å². The molecule has 1 aromatic rings. The van der Waals surface area contributed by atoms with E-state index in [2.05, 4.69) is 5.32 Å². The van der Waals surface area contributed by atoms with Gasteiger partial charge in [-0.15, -0.1) is 0 Å². The fourth-order valence-electron chi connectivity index (χ4n) is 1.62. The van der Waals surface area contributed by atoms with Crippen molar-refractivity contribution >= 4 is 23.3 Å². The van der Waals surface area contributed by atoms with Crippen LogP contribution in [0.3, 0.4) is 0 Å². The first kappa shape index (κ1) is 14.8. The standard InChI is InChI=1S/C13H16N2O4/c1-9(16)10-5-3-4-6-11(10)14-12(17)7-15(2)8-13(18)19/h3-6H,7-8H2,1-2H3,(H,14,17)(H,18,19). The normalized spacial score (nSPS) is 10.3. The first-order chi connectivity index (χ1) is 8.90. The minimum absolute atomic E-state index is 0.0570. The van der Waals surface area contributed by atoms with Crippen LogP contribution in [0.4, 0.5) is 5.69 Å². The minimum atomic E-state index is -1.00. The zero-order chi connectivity index (χ0) is 14.4. The number of carboxylic acid groups (broad SMARTS) is 1. The van der Waals surface area contributed by atoms with Crippen molar-refractivity contribution < 1.29 is 19.5 Å². The highest BCUT2D eigenvalue weighted by molar-refractivity contribution is 6.04. The highest BCUT2D eigenvalue weighted by Gasteiger charge is 2.12. The van der Waals surface area contributed by atoms with Crippen LogP contribution in [0.1, 0.15) is 17.3 Å². The van der Waals surface area contributed by atoms with E-state index in [0.29, 0.717) is 11.3 Å². The number of hydrogen-bond donors (Lipinski definition) is 2. The van der Waals surface area contributed by atoms with Crippen molar-refractivity contribution in [2.45, 2.75) is 6.92 Å². The van der Waals surface area contributed by atoms with Crippen molar-refractivity contribution in [3.05, 3.63) is 29.8 Å². The number of Topliss-reactive ketones (excluding diaryl/α,β-unsaturated/α-hetero) is 1. The zero-order valence-corrected chi connectivity index (χ0v) is 10.8. The molecule has 0 aliphatic rings. The molecule has 6 heteroatoms. The van der Waals surface area contributed by atoms with Gasteiger partial charge in [0.05, 0.1) is 18.8 Å². The Balaban J connectivity index is 2.67. The maximum Gasteiger partial charge on any atom is 0.317 e. The van der Waals surface area contributed by atoms with Gasteiger partial charge in [-0.2, -0.15) is 0 Å². The molecule has 102 valence electrons. The van der Waals surface area contributed by atoms with Gasteiger partial charge in [0.1, 0.15) is 0 Å². The number of hydrogen-bond acceptors (Lipinski definition) is 4. The summed E-state index contributed by atoms with van der Waals surface area (Å²) in [7, 11) is 1.53. The smallest absolute Gasteiger partial charge is 0.317 e. The number of carbonyl (C=O) groups excluding carboxylic acids is 2. The number of carbonyl (C=O) groups is 3. The Morgan fingerprint density at radius 3 is 2.42 bits per heavy atom. The molecular formula is C13H16N2O4. The van der Waals surface area contributed by atoms with Crippen molar-refractivity contribution in [2.75, 3.05) is 25.5 Å². The minimum Gasteiger partial charge on any atom is -0.480 e. The second kappa shape index (κ2) is 6.65. The molecule has 19 heavy (non-hydrogen) atoms. The number of benzene rings is 1. The molecule has 1 amide bonds. The number of ketones is 1. The van der Waals surface area contributed by atoms with Crippen molar-refractivity contribution in [1.82, 2.24) is 4.90 Å². The third-order valence-electron chi connectivity index (χ3n) is 2.40. The first-order valence-corrected chi connectivity index (χ1v) is 5.70. The van der Waals surface area contributed by atoms with Gasteiger partial charge in [0, 0.05) is 5.56 Å². The molecule has 6 nitrogen and oxygen atoms in total. The average Bonchev–Trinajstić information content (AvgIpc) is 2.27. The number of nitrogens with zero attached hydrogens (tertiary/aromatic N) is 1. The number of nitrogens with one attached hydrogen (secondary N) is 1. The number of para-hydroxylation sites is 1. The van der Waals surface area contributed by atoms with Gasteiger partial charge in [-0.25, -0.2) is 0 Å². The predicted octanol–water partition coefficient (Wildman–Crippen LogP) is 0.844. The molecule has 2 N–H and O–H groups in total. The van der Waals surface area contributed by atoms with E-state index in [1.54, 1.807) is 24.3 Å². The summed E-state index contributed by atoms with van der Waals surface area (Å²) in [6.07, 6.45) is 0. The summed E-state index contributed by atoms with van der Waals surface area (Å²) in [6, 6.07) is 6.68. The van der Waals surface area contributed by atoms with Crippen LogP contribution in [-0.4, -0.2) is 47.8 Å². The summed E-state index contributed by atoms with van der Waals surface area (Å²) < 4.78 is 0. The summed E-state index contributed by atoms with van der Waals surface area (Å²) >= 11 is 0. The molecule has 0 saturated carbocycles. The lowest BCUT2D eigenvalue weighted by Gasteiger charge is -2.14. The molecular weight excluding hydrogens is 248 g/mol. The van der Waals surface area contributed by atoms with Crippen LogP contribution >= 0.6 is 0 Å². The van der Waals surface area contributed by atoms with E-state index in [9.17, 15) is 14.4 Å². The number of rotatable bonds is 6. The molecule has 0 unspecified atom stereocenters. The predicted molar refractivity (Wildman–Crippen MR) is 70.2 cm³/mol. The van der Waals surface area contributed by atoms with Crippen LogP contribution in [0.5, 0.6) is 0 Å². The molecule has 0 aliphatic heterocycles. The summed E-state index contributed by atoms with van der Waals surface area (Å²) in [6.45, 7) is 1.14. The Morgan fingerprint density at radius 2 is 1.84 bits per heavy atom. The number of anilines is 1. The molecule has 0 aliphatic carbocycles. The van der Waals surface area contributed by atoms with E-state index >= 15 is 0 Å². The van der Waals surface area contributed by atoms with Gasteiger partial charge >= 0.3 is 5.97 Å². The molecule has 1 aromatic carbocycles. The van der Waals surface area contributed by atoms with E-state index in [1.807, 2.05) is 0 Å². The Bertz CT molecular complexity index is 499. The van der Waals surface area contributed by atoms with Gasteiger partial charge in [-0.1, -0.05) is 12.1 Å². The molecule has 0 spiro atoms. The van der Waals surface area contributed by atoms with E-state index in [4.69, 9.17) is 5.11 Å². The SMILES string of the molecule is CC(=O)c1ccccc1NC(=O)CN(C)CC(=O)O. The highest BCUT2D eigenvalue weighted by Crippen LogP contribution is 2.15. The van der Waals surface area contributed by atoms with Crippen LogP contribution in [0.25, 0.3) is 0 Å². The van der Waals surface area contributed by atoms with Gasteiger partial charge in [0.2, 0.25) is 5.91 Å². The lowest BCUT2D eigenvalue weighted by Crippen LogP contribution is -2.34. The zero-order valence-electron chi connectivity index (χ0n) is 10.8. The second-order valence-corrected chi connectivity index (χ2v) is 4.22. The molecule has 1 rings (SSSR count). The Morgan fingerprint density at radius 1 is 1.21 bits per heavy atom. The summed E-state index contributed by atoms with van der Waals surface area (Å²) in [4.78, 5) is 34.9. The molecule has 0 heterocycles. The van der Waals surface area contributed by atoms with E-state index in [0.717, 1.165) is 0 Å². The number of amides is 1. The van der Waals surface area contributed by atoms with Crippen LogP contribution in [-0.2, 0) is 9.59 Å². The van der Waals surface area contributed by atoms with E-state index < -0.39 is 5.97 Å². The molecule has 0 atom stereocenters. The van der Waals surface area contributed by atoms with Gasteiger partial charge in [-0.05, 0) is 26.1 Å². The van der Waals surface area contributed by atoms with Gasteiger partial charge in [0.25, 0.3) is 0 Å². The maximum atomic E-state index is 11.7. The molecule has 0 fully saturated rings. The molecule has 0 aromatic heterocycles. The van der Waals surface area contributed by atoms with Gasteiger partial charge in [0.15, 0.2) is 5.78 Å². The number of likely N-dealkylation sites (N-methyl/N-ethyl adjacent to an activating group) is 1. The maximum absolute atomic E-state index is 11.7. The van der Waals surface area contributed by atoms with E-state index in [-0.39, 0.29) is 24.8 Å². The fourth-order valence-corrected chi connectivity index (χ4v) is 1.62. The van der Waals surface area contributed by atoms with Crippen LogP contribution < -0.4 is 5.32 Å². The van der Waals surface area contributed by atoms with Crippen molar-refractivity contribution in [3.63, 3.8) is 0 Å². The first-order valence-electron chi connectivity index (χ1n) is 5.70. The van der Waals surface area contributed by atoms with Crippen LogP contribution in [0, 0.1) is 0 Å². The third-order valence-corrected chi connectivity index (χ3v) is 2.40. The molecule has 0 saturated heterocycles. The Labute approximate surface area is 111 Å². The van der Waals surface area contributed by atoms with Crippen molar-refractivity contribution in [1.29, 1.82) is 0 Å². The largest absolute Gasteiger partial charge is 0.480 e. The number of carboxylic acids is 1. The van der Waals surface area contributed by atoms with Crippen LogP contribution in [0.2, 0.25) is 0 Å². The van der Waals surface area contributed by atoms with Crippen molar-refractivity contribution in [2.24, 2.45) is 0 Å². The van der Waals surface area contributed by atoms with Crippen LogP contribution in [0.15, 0.2) is 24.3 Å². The average molecular weight is 264 g/mol. The fraction of sp³-hybridized carbons (Fsp3) is 0.308. The quantitative estimate of drug-likeness (QED) is 0.744. The summed E-state index contributed by atoms with van der Waals surface area (Å²) in [5.41, 5.74) is 0.862. The Kier molecular flexibility index (Phi) is 5.20. The van der Waals surface area contributed by atoms with Gasteiger partial charge in [-0.3, -0.25) is 19.3 Å². The molecule has 0 radical (unpaired) electrons. The summed E-state index contributed by atoms with van der Waals surface area (Å²) in [5, 5.41) is 11.2. The second-order valence-electron chi connectivity index (χ2n) is 4.22. The summed E-state index contributed by atoms with van der Waals surface area (Å²) in [5.74, 6) is -1.51. The highest BCUT2D eigenvalue weighted by atomic mass is 16.4.